The summed E-state index contributed by atoms with van der Waals surface area (Å²) in [5, 5.41) is 0. The Hall–Kier alpha value is -1.56. The molecule has 1 aromatic carbocycles. The summed E-state index contributed by atoms with van der Waals surface area (Å²) in [5.74, 6) is 1.10. The third kappa shape index (κ3) is 1.04. The van der Waals surface area contributed by atoms with Crippen LogP contribution in [0.25, 0.3) is 0 Å². The fourth-order valence-electron chi connectivity index (χ4n) is 3.87. The first-order valence-electron chi connectivity index (χ1n) is 6.28. The number of rotatable bonds is 3. The minimum Gasteiger partial charge on any atom is -0.103 e. The fourth-order valence-corrected chi connectivity index (χ4v) is 3.87. The number of hydrogen-bond acceptors (Lipinski definition) is 0. The van der Waals surface area contributed by atoms with E-state index < -0.39 is 0 Å². The minimum atomic E-state index is 0.243. The zero-order valence-corrected chi connectivity index (χ0v) is 10.3. The molecule has 2 aliphatic rings. The Balaban J connectivity index is 2.15. The maximum atomic E-state index is 3.99. The lowest BCUT2D eigenvalue weighted by molar-refractivity contribution is 0.254. The van der Waals surface area contributed by atoms with Crippen LogP contribution in [-0.2, 0) is 5.41 Å². The van der Waals surface area contributed by atoms with Gasteiger partial charge in [-0.2, -0.15) is 0 Å². The zero-order valence-electron chi connectivity index (χ0n) is 10.3. The summed E-state index contributed by atoms with van der Waals surface area (Å²) in [6, 6.07) is 8.83. The topological polar surface area (TPSA) is 0 Å². The highest BCUT2D eigenvalue weighted by Crippen LogP contribution is 2.66. The van der Waals surface area contributed by atoms with E-state index in [0.29, 0.717) is 11.8 Å². The van der Waals surface area contributed by atoms with Gasteiger partial charge in [0.1, 0.15) is 0 Å². The maximum absolute atomic E-state index is 3.99. The van der Waals surface area contributed by atoms with Crippen LogP contribution in [0.15, 0.2) is 61.2 Å². The quantitative estimate of drug-likeness (QED) is 0.667. The van der Waals surface area contributed by atoms with Gasteiger partial charge in [-0.25, -0.2) is 0 Å². The molecule has 0 saturated heterocycles. The number of fused-ring (bicyclic) bond motifs is 2. The number of benzene rings is 1. The highest BCUT2D eigenvalue weighted by atomic mass is 14.6. The standard InChI is InChI=1S/C17H18/c1-4-8-15-14-9-6-7-10-16(14)17(15)12(3)11-13(17)5-2/h4-7,9-11,13,15H,1-2,8H2,3H3. The van der Waals surface area contributed by atoms with E-state index in [1.807, 2.05) is 6.08 Å². The van der Waals surface area contributed by atoms with Crippen molar-refractivity contribution in [1.29, 1.82) is 0 Å². The SMILES string of the molecule is C=CCC1c2ccccc2C12C(C)=CC2C=C. The predicted molar refractivity (Wildman–Crippen MR) is 73.1 cm³/mol. The maximum Gasteiger partial charge on any atom is 0.0330 e. The third-order valence-electron chi connectivity index (χ3n) is 4.60. The molecular weight excluding hydrogens is 204 g/mol. The monoisotopic (exact) mass is 222 g/mol. The van der Waals surface area contributed by atoms with E-state index in [4.69, 9.17) is 0 Å². The van der Waals surface area contributed by atoms with Crippen LogP contribution in [0.4, 0.5) is 0 Å². The zero-order chi connectivity index (χ0) is 12.0. The molecule has 0 radical (unpaired) electrons. The average Bonchev–Trinajstić information content (AvgIpc) is 2.33. The molecular formula is C17H18. The lowest BCUT2D eigenvalue weighted by atomic mass is 9.42. The van der Waals surface area contributed by atoms with Crippen molar-refractivity contribution in [1.82, 2.24) is 0 Å². The molecule has 0 heterocycles. The van der Waals surface area contributed by atoms with Crippen molar-refractivity contribution >= 4 is 0 Å². The Morgan fingerprint density at radius 3 is 2.71 bits per heavy atom. The molecule has 1 spiro atoms. The summed E-state index contributed by atoms with van der Waals surface area (Å²) < 4.78 is 0. The predicted octanol–water partition coefficient (Wildman–Crippen LogP) is 4.36. The fraction of sp³-hybridized carbons (Fsp3) is 0.294. The molecule has 0 heteroatoms. The second-order valence-electron chi connectivity index (χ2n) is 5.14. The third-order valence-corrected chi connectivity index (χ3v) is 4.60. The van der Waals surface area contributed by atoms with Gasteiger partial charge in [0, 0.05) is 17.3 Å². The molecule has 3 unspecified atom stereocenters. The summed E-state index contributed by atoms with van der Waals surface area (Å²) in [4.78, 5) is 0. The summed E-state index contributed by atoms with van der Waals surface area (Å²) >= 11 is 0. The Labute approximate surface area is 103 Å². The van der Waals surface area contributed by atoms with Crippen LogP contribution in [0.2, 0.25) is 0 Å². The van der Waals surface area contributed by atoms with E-state index in [1.165, 1.54) is 16.7 Å². The van der Waals surface area contributed by atoms with Gasteiger partial charge in [0.05, 0.1) is 0 Å². The number of hydrogen-bond donors (Lipinski definition) is 0. The lowest BCUT2D eigenvalue weighted by Gasteiger charge is -2.60. The van der Waals surface area contributed by atoms with Gasteiger partial charge >= 0.3 is 0 Å². The van der Waals surface area contributed by atoms with Crippen molar-refractivity contribution in [2.24, 2.45) is 5.92 Å². The van der Waals surface area contributed by atoms with Crippen LogP contribution >= 0.6 is 0 Å². The molecule has 3 rings (SSSR count). The average molecular weight is 222 g/mol. The summed E-state index contributed by atoms with van der Waals surface area (Å²) in [6.45, 7) is 10.2. The van der Waals surface area contributed by atoms with Crippen LogP contribution in [0.3, 0.4) is 0 Å². The first-order chi connectivity index (χ1) is 8.26. The van der Waals surface area contributed by atoms with Crippen LogP contribution in [0, 0.1) is 5.92 Å². The molecule has 0 fully saturated rings. The van der Waals surface area contributed by atoms with Crippen molar-refractivity contribution in [2.75, 3.05) is 0 Å². The lowest BCUT2D eigenvalue weighted by Crippen LogP contribution is -2.54. The molecule has 0 bridgehead atoms. The van der Waals surface area contributed by atoms with E-state index in [1.54, 1.807) is 0 Å². The highest BCUT2D eigenvalue weighted by Gasteiger charge is 2.59. The normalized spacial score (nSPS) is 33.1. The molecule has 0 nitrogen and oxygen atoms in total. The smallest absolute Gasteiger partial charge is 0.0330 e. The van der Waals surface area contributed by atoms with Crippen LogP contribution < -0.4 is 0 Å². The van der Waals surface area contributed by atoms with Crippen LogP contribution in [0.5, 0.6) is 0 Å². The first kappa shape index (κ1) is 10.6. The van der Waals surface area contributed by atoms with Gasteiger partial charge in [-0.3, -0.25) is 0 Å². The van der Waals surface area contributed by atoms with Crippen molar-refractivity contribution in [3.05, 3.63) is 72.4 Å². The van der Waals surface area contributed by atoms with Gasteiger partial charge in [0.25, 0.3) is 0 Å². The second-order valence-corrected chi connectivity index (χ2v) is 5.14. The van der Waals surface area contributed by atoms with E-state index in [9.17, 15) is 0 Å². The van der Waals surface area contributed by atoms with E-state index in [-0.39, 0.29) is 5.41 Å². The molecule has 0 aliphatic heterocycles. The van der Waals surface area contributed by atoms with Gasteiger partial charge in [-0.15, -0.1) is 13.2 Å². The van der Waals surface area contributed by atoms with Gasteiger partial charge in [0.2, 0.25) is 0 Å². The largest absolute Gasteiger partial charge is 0.103 e. The summed E-state index contributed by atoms with van der Waals surface area (Å²) in [6.07, 6.45) is 7.55. The first-order valence-corrected chi connectivity index (χ1v) is 6.28. The van der Waals surface area contributed by atoms with Crippen LogP contribution in [-0.4, -0.2) is 0 Å². The second kappa shape index (κ2) is 3.46. The molecule has 0 aromatic heterocycles. The molecule has 86 valence electrons. The van der Waals surface area contributed by atoms with Crippen molar-refractivity contribution in [3.8, 4) is 0 Å². The Morgan fingerprint density at radius 1 is 1.29 bits per heavy atom. The van der Waals surface area contributed by atoms with Crippen molar-refractivity contribution in [3.63, 3.8) is 0 Å². The molecule has 3 atom stereocenters. The summed E-state index contributed by atoms with van der Waals surface area (Å²) in [7, 11) is 0. The Morgan fingerprint density at radius 2 is 2.06 bits per heavy atom. The molecule has 2 aliphatic carbocycles. The molecule has 0 N–H and O–H groups in total. The van der Waals surface area contributed by atoms with Crippen LogP contribution in [0.1, 0.15) is 30.4 Å². The van der Waals surface area contributed by atoms with E-state index >= 15 is 0 Å². The highest BCUT2D eigenvalue weighted by molar-refractivity contribution is 5.63. The summed E-state index contributed by atoms with van der Waals surface area (Å²) in [5.41, 5.74) is 4.77. The van der Waals surface area contributed by atoms with E-state index in [2.05, 4.69) is 56.5 Å². The molecule has 1 aromatic rings. The molecule has 0 saturated carbocycles. The molecule has 17 heavy (non-hydrogen) atoms. The van der Waals surface area contributed by atoms with Crippen molar-refractivity contribution < 1.29 is 0 Å². The Kier molecular flexibility index (Phi) is 2.16. The minimum absolute atomic E-state index is 0.243. The van der Waals surface area contributed by atoms with Gasteiger partial charge in [0.15, 0.2) is 0 Å². The van der Waals surface area contributed by atoms with Crippen molar-refractivity contribution in [2.45, 2.75) is 24.7 Å². The number of allylic oxidation sites excluding steroid dienone is 4. The van der Waals surface area contributed by atoms with Gasteiger partial charge < -0.3 is 0 Å². The molecule has 0 amide bonds. The van der Waals surface area contributed by atoms with Gasteiger partial charge in [-0.1, -0.05) is 48.1 Å². The Bertz CT molecular complexity index is 521. The van der Waals surface area contributed by atoms with E-state index in [0.717, 1.165) is 6.42 Å². The van der Waals surface area contributed by atoms with Gasteiger partial charge in [-0.05, 0) is 24.5 Å².